The van der Waals surface area contributed by atoms with Crippen molar-refractivity contribution in [2.45, 2.75) is 25.4 Å². The van der Waals surface area contributed by atoms with Crippen LogP contribution >= 0.6 is 0 Å². The molecule has 3 heterocycles. The van der Waals surface area contributed by atoms with Crippen molar-refractivity contribution in [1.82, 2.24) is 14.8 Å². The van der Waals surface area contributed by atoms with Gasteiger partial charge in [0.15, 0.2) is 0 Å². The SMILES string of the molecule is Cc1ccc(C(=O)N2C3CC2CN(C)C3)cn1. The Hall–Kier alpha value is -1.42. The van der Waals surface area contributed by atoms with E-state index in [0.29, 0.717) is 12.1 Å². The Morgan fingerprint density at radius 3 is 2.65 bits per heavy atom. The first-order valence-electron chi connectivity index (χ1n) is 6.09. The first-order chi connectivity index (χ1) is 8.15. The van der Waals surface area contributed by atoms with Gasteiger partial charge in [-0.05, 0) is 32.5 Å². The summed E-state index contributed by atoms with van der Waals surface area (Å²) in [6.07, 6.45) is 2.85. The molecule has 0 aliphatic carbocycles. The van der Waals surface area contributed by atoms with E-state index in [2.05, 4.69) is 16.9 Å². The van der Waals surface area contributed by atoms with Gasteiger partial charge in [-0.3, -0.25) is 9.78 Å². The monoisotopic (exact) mass is 231 g/mol. The van der Waals surface area contributed by atoms with Gasteiger partial charge in [0, 0.05) is 37.1 Å². The zero-order valence-electron chi connectivity index (χ0n) is 10.3. The highest BCUT2D eigenvalue weighted by molar-refractivity contribution is 5.95. The lowest BCUT2D eigenvalue weighted by molar-refractivity contribution is -0.0397. The molecule has 1 amide bonds. The molecule has 2 bridgehead atoms. The minimum absolute atomic E-state index is 0.145. The summed E-state index contributed by atoms with van der Waals surface area (Å²) in [5, 5.41) is 0. The van der Waals surface area contributed by atoms with Gasteiger partial charge in [0.25, 0.3) is 5.91 Å². The van der Waals surface area contributed by atoms with Gasteiger partial charge in [-0.25, -0.2) is 0 Å². The molecule has 2 fully saturated rings. The largest absolute Gasteiger partial charge is 0.330 e. The van der Waals surface area contributed by atoms with Gasteiger partial charge >= 0.3 is 0 Å². The van der Waals surface area contributed by atoms with Crippen molar-refractivity contribution in [3.05, 3.63) is 29.6 Å². The number of piperidine rings is 1. The lowest BCUT2D eigenvalue weighted by Crippen LogP contribution is -2.69. The summed E-state index contributed by atoms with van der Waals surface area (Å²) in [4.78, 5) is 20.9. The highest BCUT2D eigenvalue weighted by Crippen LogP contribution is 2.32. The molecular weight excluding hydrogens is 214 g/mol. The number of carbonyl (C=O) groups excluding carboxylic acids is 1. The van der Waals surface area contributed by atoms with Crippen molar-refractivity contribution in [2.75, 3.05) is 20.1 Å². The Balaban J connectivity index is 1.78. The fraction of sp³-hybridized carbons (Fsp3) is 0.538. The molecule has 1 aromatic rings. The normalized spacial score (nSPS) is 27.8. The van der Waals surface area contributed by atoms with Gasteiger partial charge in [-0.1, -0.05) is 0 Å². The number of carbonyl (C=O) groups is 1. The number of likely N-dealkylation sites (N-methyl/N-ethyl adjacent to an activating group) is 1. The first kappa shape index (κ1) is 10.7. The molecule has 0 saturated carbocycles. The maximum atomic E-state index is 12.3. The van der Waals surface area contributed by atoms with E-state index in [1.165, 1.54) is 0 Å². The van der Waals surface area contributed by atoms with Gasteiger partial charge < -0.3 is 9.80 Å². The number of aromatic nitrogens is 1. The predicted molar refractivity (Wildman–Crippen MR) is 64.8 cm³/mol. The molecule has 90 valence electrons. The second-order valence-corrected chi connectivity index (χ2v) is 5.17. The fourth-order valence-electron chi connectivity index (χ4n) is 2.90. The van der Waals surface area contributed by atoms with E-state index in [0.717, 1.165) is 30.8 Å². The lowest BCUT2D eigenvalue weighted by atomic mass is 9.87. The van der Waals surface area contributed by atoms with Gasteiger partial charge in [0.1, 0.15) is 0 Å². The highest BCUT2D eigenvalue weighted by Gasteiger charge is 2.46. The standard InChI is InChI=1S/C13H17N3O/c1-9-3-4-10(6-14-9)13(17)16-11-5-12(16)8-15(2)7-11/h3-4,6,11-12H,5,7-8H2,1-2H3. The lowest BCUT2D eigenvalue weighted by Gasteiger charge is -2.55. The predicted octanol–water partition coefficient (Wildman–Crippen LogP) is 0.919. The molecular formula is C13H17N3O. The number of likely N-dealkylation sites (tertiary alicyclic amines) is 2. The number of rotatable bonds is 1. The number of amides is 1. The Morgan fingerprint density at radius 1 is 1.35 bits per heavy atom. The molecule has 2 aliphatic heterocycles. The third-order valence-corrected chi connectivity index (χ3v) is 3.77. The number of pyridine rings is 1. The maximum absolute atomic E-state index is 12.3. The molecule has 17 heavy (non-hydrogen) atoms. The third-order valence-electron chi connectivity index (χ3n) is 3.77. The van der Waals surface area contributed by atoms with Crippen molar-refractivity contribution < 1.29 is 4.79 Å². The van der Waals surface area contributed by atoms with Crippen LogP contribution in [-0.2, 0) is 0 Å². The Kier molecular flexibility index (Phi) is 2.40. The Morgan fingerprint density at radius 2 is 2.06 bits per heavy atom. The van der Waals surface area contributed by atoms with E-state index in [1.54, 1.807) is 6.20 Å². The van der Waals surface area contributed by atoms with E-state index in [4.69, 9.17) is 0 Å². The van der Waals surface area contributed by atoms with Crippen LogP contribution in [0.2, 0.25) is 0 Å². The van der Waals surface area contributed by atoms with E-state index < -0.39 is 0 Å². The van der Waals surface area contributed by atoms with Gasteiger partial charge in [0.05, 0.1) is 5.56 Å². The van der Waals surface area contributed by atoms with Crippen LogP contribution in [0.5, 0.6) is 0 Å². The molecule has 4 nitrogen and oxygen atoms in total. The van der Waals surface area contributed by atoms with E-state index in [1.807, 2.05) is 24.0 Å². The maximum Gasteiger partial charge on any atom is 0.256 e. The molecule has 1 aromatic heterocycles. The number of fused-ring (bicyclic) bond motifs is 2. The number of piperazine rings is 1. The van der Waals surface area contributed by atoms with E-state index in [9.17, 15) is 4.79 Å². The minimum Gasteiger partial charge on any atom is -0.330 e. The Labute approximate surface area is 101 Å². The second kappa shape index (κ2) is 3.81. The zero-order chi connectivity index (χ0) is 12.0. The molecule has 0 spiro atoms. The summed E-state index contributed by atoms with van der Waals surface area (Å²) in [7, 11) is 2.12. The van der Waals surface area contributed by atoms with Gasteiger partial charge in [-0.15, -0.1) is 0 Å². The molecule has 0 N–H and O–H groups in total. The van der Waals surface area contributed by atoms with Gasteiger partial charge in [-0.2, -0.15) is 0 Å². The average Bonchev–Trinajstić information content (AvgIpc) is 2.29. The highest BCUT2D eigenvalue weighted by atomic mass is 16.2. The van der Waals surface area contributed by atoms with Crippen molar-refractivity contribution in [3.8, 4) is 0 Å². The fourth-order valence-corrected chi connectivity index (χ4v) is 2.90. The number of nitrogens with zero attached hydrogens (tertiary/aromatic N) is 3. The van der Waals surface area contributed by atoms with Crippen molar-refractivity contribution in [2.24, 2.45) is 0 Å². The van der Waals surface area contributed by atoms with Crippen LogP contribution in [0.4, 0.5) is 0 Å². The number of hydrogen-bond acceptors (Lipinski definition) is 3. The van der Waals surface area contributed by atoms with E-state index >= 15 is 0 Å². The van der Waals surface area contributed by atoms with Crippen LogP contribution in [0, 0.1) is 6.92 Å². The van der Waals surface area contributed by atoms with Crippen molar-refractivity contribution >= 4 is 5.91 Å². The molecule has 2 unspecified atom stereocenters. The summed E-state index contributed by atoms with van der Waals surface area (Å²) in [6, 6.07) is 4.59. The summed E-state index contributed by atoms with van der Waals surface area (Å²) in [6.45, 7) is 3.94. The molecule has 0 aromatic carbocycles. The molecule has 4 heteroatoms. The van der Waals surface area contributed by atoms with Crippen LogP contribution in [0.1, 0.15) is 22.5 Å². The zero-order valence-corrected chi connectivity index (χ0v) is 10.3. The van der Waals surface area contributed by atoms with Gasteiger partial charge in [0.2, 0.25) is 0 Å². The summed E-state index contributed by atoms with van der Waals surface area (Å²) in [5.74, 6) is 0.145. The number of aryl methyl sites for hydroxylation is 1. The van der Waals surface area contributed by atoms with E-state index in [-0.39, 0.29) is 5.91 Å². The first-order valence-corrected chi connectivity index (χ1v) is 6.09. The Bertz CT molecular complexity index is 430. The third kappa shape index (κ3) is 1.72. The topological polar surface area (TPSA) is 36.4 Å². The molecule has 2 atom stereocenters. The smallest absolute Gasteiger partial charge is 0.256 e. The van der Waals surface area contributed by atoms with Crippen LogP contribution in [0.15, 0.2) is 18.3 Å². The van der Waals surface area contributed by atoms with Crippen LogP contribution in [0.3, 0.4) is 0 Å². The van der Waals surface area contributed by atoms with Crippen LogP contribution in [-0.4, -0.2) is 52.9 Å². The summed E-state index contributed by atoms with van der Waals surface area (Å²) in [5.41, 5.74) is 1.67. The van der Waals surface area contributed by atoms with Crippen molar-refractivity contribution in [1.29, 1.82) is 0 Å². The summed E-state index contributed by atoms with van der Waals surface area (Å²) < 4.78 is 0. The van der Waals surface area contributed by atoms with Crippen LogP contribution < -0.4 is 0 Å². The number of hydrogen-bond donors (Lipinski definition) is 0. The summed E-state index contributed by atoms with van der Waals surface area (Å²) >= 11 is 0. The van der Waals surface area contributed by atoms with Crippen molar-refractivity contribution in [3.63, 3.8) is 0 Å². The average molecular weight is 231 g/mol. The second-order valence-electron chi connectivity index (χ2n) is 5.17. The molecule has 2 saturated heterocycles. The molecule has 0 radical (unpaired) electrons. The van der Waals surface area contributed by atoms with Crippen LogP contribution in [0.25, 0.3) is 0 Å². The minimum atomic E-state index is 0.145. The quantitative estimate of drug-likeness (QED) is 0.721. The molecule has 2 aliphatic rings. The molecule has 3 rings (SSSR count).